The molecule has 1 N–H and O–H groups in total. The number of anilines is 1. The number of nitro benzene ring substituents is 1. The highest BCUT2D eigenvalue weighted by atomic mass is 32.2. The number of rotatable bonds is 15. The van der Waals surface area contributed by atoms with E-state index in [0.717, 1.165) is 27.1 Å². The largest absolute Gasteiger partial charge is 0.497 e. The monoisotopic (exact) mass is 686 g/mol. The number of carbonyl (C=O) groups excluding carboxylic acids is 2. The van der Waals surface area contributed by atoms with Crippen LogP contribution >= 0.6 is 0 Å². The van der Waals surface area contributed by atoms with Crippen molar-refractivity contribution < 1.29 is 27.7 Å². The predicted octanol–water partition coefficient (Wildman–Crippen LogP) is 5.83. The molecular weight excluding hydrogens is 644 g/mol. The average Bonchev–Trinajstić information content (AvgIpc) is 3.08. The fourth-order valence-corrected chi connectivity index (χ4v) is 6.77. The lowest BCUT2D eigenvalue weighted by Gasteiger charge is -2.34. The van der Waals surface area contributed by atoms with Crippen LogP contribution in [0.25, 0.3) is 0 Å². The molecule has 49 heavy (non-hydrogen) atoms. The molecule has 0 aliphatic rings. The van der Waals surface area contributed by atoms with Gasteiger partial charge in [-0.2, -0.15) is 0 Å². The van der Waals surface area contributed by atoms with Gasteiger partial charge in [-0.25, -0.2) is 8.42 Å². The van der Waals surface area contributed by atoms with Gasteiger partial charge < -0.3 is 15.0 Å². The molecule has 12 heteroatoms. The Morgan fingerprint density at radius 3 is 2.18 bits per heavy atom. The number of nitro groups is 1. The maximum Gasteiger partial charge on any atom is 0.273 e. The molecule has 11 nitrogen and oxygen atoms in total. The second kappa shape index (κ2) is 16.2. The Morgan fingerprint density at radius 2 is 1.57 bits per heavy atom. The van der Waals surface area contributed by atoms with Crippen LogP contribution in [0.2, 0.25) is 0 Å². The van der Waals surface area contributed by atoms with Gasteiger partial charge in [0, 0.05) is 31.1 Å². The van der Waals surface area contributed by atoms with E-state index in [1.807, 2.05) is 75.4 Å². The zero-order valence-corrected chi connectivity index (χ0v) is 29.1. The summed E-state index contributed by atoms with van der Waals surface area (Å²) in [6, 6.07) is 25.6. The SMILES string of the molecule is COc1ccc(N(CC(=O)N(Cc2cccc(C)c2)[C@@H](Cc2ccccc2)C(=O)NCC(C)C)S(=O)(=O)c2ccc(C)c([N+](=O)[O-])c2)cc1. The van der Waals surface area contributed by atoms with E-state index in [1.165, 1.54) is 43.2 Å². The molecule has 0 heterocycles. The molecule has 0 aromatic heterocycles. The van der Waals surface area contributed by atoms with Gasteiger partial charge in [0.05, 0.1) is 22.6 Å². The van der Waals surface area contributed by atoms with Gasteiger partial charge in [0.2, 0.25) is 11.8 Å². The molecule has 4 aromatic rings. The molecule has 4 rings (SSSR count). The molecule has 0 saturated carbocycles. The lowest BCUT2D eigenvalue weighted by molar-refractivity contribution is -0.385. The third-order valence-corrected chi connectivity index (χ3v) is 9.77. The van der Waals surface area contributed by atoms with Crippen molar-refractivity contribution in [3.63, 3.8) is 0 Å². The summed E-state index contributed by atoms with van der Waals surface area (Å²) >= 11 is 0. The van der Waals surface area contributed by atoms with Gasteiger partial charge in [-0.3, -0.25) is 24.0 Å². The van der Waals surface area contributed by atoms with Crippen molar-refractivity contribution >= 4 is 33.2 Å². The van der Waals surface area contributed by atoms with E-state index in [0.29, 0.717) is 12.3 Å². The van der Waals surface area contributed by atoms with E-state index >= 15 is 0 Å². The summed E-state index contributed by atoms with van der Waals surface area (Å²) in [5.41, 5.74) is 2.59. The molecular formula is C37H42N4O7S. The Kier molecular flexibility index (Phi) is 12.1. The second-order valence-electron chi connectivity index (χ2n) is 12.3. The van der Waals surface area contributed by atoms with E-state index in [-0.39, 0.29) is 46.6 Å². The second-order valence-corrected chi connectivity index (χ2v) is 14.1. The van der Waals surface area contributed by atoms with Gasteiger partial charge in [-0.05, 0) is 61.2 Å². The summed E-state index contributed by atoms with van der Waals surface area (Å²) in [5.74, 6) is -0.393. The van der Waals surface area contributed by atoms with Gasteiger partial charge >= 0.3 is 0 Å². The summed E-state index contributed by atoms with van der Waals surface area (Å²) in [5, 5.41) is 14.7. The maximum atomic E-state index is 14.6. The van der Waals surface area contributed by atoms with Crippen molar-refractivity contribution in [2.75, 3.05) is 24.5 Å². The van der Waals surface area contributed by atoms with Crippen LogP contribution in [0.5, 0.6) is 5.75 Å². The van der Waals surface area contributed by atoms with Crippen molar-refractivity contribution in [2.24, 2.45) is 5.92 Å². The molecule has 1 atom stereocenters. The molecule has 4 aromatic carbocycles. The standard InChI is InChI=1S/C37H42N4O7S/c1-26(2)23-38-37(43)35(21-29-11-7-6-8-12-29)39(24-30-13-9-10-27(3)20-30)36(42)25-40(31-15-17-32(48-5)18-16-31)49(46,47)33-19-14-28(4)34(22-33)41(44)45/h6-20,22,26,35H,21,23-25H2,1-5H3,(H,38,43)/t35-/m0/s1. The zero-order valence-electron chi connectivity index (χ0n) is 28.3. The van der Waals surface area contributed by atoms with Crippen molar-refractivity contribution in [3.8, 4) is 5.75 Å². The Morgan fingerprint density at radius 1 is 0.898 bits per heavy atom. The minimum absolute atomic E-state index is 0.0274. The maximum absolute atomic E-state index is 14.6. The molecule has 0 spiro atoms. The van der Waals surface area contributed by atoms with E-state index in [9.17, 15) is 28.1 Å². The number of ether oxygens (including phenoxy) is 1. The summed E-state index contributed by atoms with van der Waals surface area (Å²) in [6.45, 7) is 7.09. The highest BCUT2D eigenvalue weighted by Gasteiger charge is 2.35. The number of carbonyl (C=O) groups is 2. The molecule has 258 valence electrons. The van der Waals surface area contributed by atoms with Crippen LogP contribution in [-0.4, -0.2) is 56.3 Å². The molecule has 0 fully saturated rings. The molecule has 0 aliphatic heterocycles. The quantitative estimate of drug-likeness (QED) is 0.123. The van der Waals surface area contributed by atoms with Gasteiger partial charge in [-0.1, -0.05) is 80.1 Å². The summed E-state index contributed by atoms with van der Waals surface area (Å²) in [4.78, 5) is 40.7. The van der Waals surface area contributed by atoms with Crippen LogP contribution in [0.15, 0.2) is 102 Å². The molecule has 0 saturated heterocycles. The van der Waals surface area contributed by atoms with Crippen LogP contribution in [0.4, 0.5) is 11.4 Å². The fourth-order valence-electron chi connectivity index (χ4n) is 5.33. The Hall–Kier alpha value is -5.23. The van der Waals surface area contributed by atoms with Gasteiger partial charge in [0.25, 0.3) is 15.7 Å². The first-order valence-corrected chi connectivity index (χ1v) is 17.3. The lowest BCUT2D eigenvalue weighted by atomic mass is 10.0. The minimum Gasteiger partial charge on any atom is -0.497 e. The van der Waals surface area contributed by atoms with Crippen LogP contribution in [0.1, 0.15) is 36.1 Å². The number of sulfonamides is 1. The Balaban J connectivity index is 1.84. The van der Waals surface area contributed by atoms with Crippen molar-refractivity contribution in [1.29, 1.82) is 0 Å². The predicted molar refractivity (Wildman–Crippen MR) is 189 cm³/mol. The number of nitrogens with zero attached hydrogens (tertiary/aromatic N) is 3. The Bertz CT molecular complexity index is 1880. The van der Waals surface area contributed by atoms with E-state index in [2.05, 4.69) is 5.32 Å². The fraction of sp³-hybridized carbons (Fsp3) is 0.297. The van der Waals surface area contributed by atoms with Gasteiger partial charge in [0.1, 0.15) is 18.3 Å². The van der Waals surface area contributed by atoms with Crippen LogP contribution in [0, 0.1) is 29.9 Å². The number of hydrogen-bond donors (Lipinski definition) is 1. The van der Waals surface area contributed by atoms with Crippen LogP contribution in [-0.2, 0) is 32.6 Å². The lowest BCUT2D eigenvalue weighted by Crippen LogP contribution is -2.53. The van der Waals surface area contributed by atoms with Crippen molar-refractivity contribution in [2.45, 2.75) is 51.6 Å². The normalized spacial score (nSPS) is 11.9. The highest BCUT2D eigenvalue weighted by molar-refractivity contribution is 7.92. The first-order valence-electron chi connectivity index (χ1n) is 15.9. The molecule has 0 bridgehead atoms. The smallest absolute Gasteiger partial charge is 0.273 e. The third-order valence-electron chi connectivity index (χ3n) is 8.00. The minimum atomic E-state index is -4.54. The highest BCUT2D eigenvalue weighted by Crippen LogP contribution is 2.30. The molecule has 0 aliphatic carbocycles. The first kappa shape index (κ1) is 36.6. The number of benzene rings is 4. The Labute approximate surface area is 287 Å². The van der Waals surface area contributed by atoms with Crippen molar-refractivity contribution in [1.82, 2.24) is 10.2 Å². The summed E-state index contributed by atoms with van der Waals surface area (Å²) in [6.07, 6.45) is 0.182. The summed E-state index contributed by atoms with van der Waals surface area (Å²) < 4.78 is 34.8. The summed E-state index contributed by atoms with van der Waals surface area (Å²) in [7, 11) is -3.07. The first-order chi connectivity index (χ1) is 23.3. The van der Waals surface area contributed by atoms with Crippen LogP contribution < -0.4 is 14.4 Å². The topological polar surface area (TPSA) is 139 Å². The number of aryl methyl sites for hydroxylation is 2. The molecule has 0 radical (unpaired) electrons. The molecule has 0 unspecified atom stereocenters. The van der Waals surface area contributed by atoms with Gasteiger partial charge in [-0.15, -0.1) is 0 Å². The van der Waals surface area contributed by atoms with E-state index < -0.39 is 33.4 Å². The van der Waals surface area contributed by atoms with Gasteiger partial charge in [0.15, 0.2) is 0 Å². The number of amides is 2. The van der Waals surface area contributed by atoms with Crippen LogP contribution in [0.3, 0.4) is 0 Å². The third kappa shape index (κ3) is 9.44. The number of nitrogens with one attached hydrogen (secondary N) is 1. The number of methoxy groups -OCH3 is 1. The van der Waals surface area contributed by atoms with E-state index in [4.69, 9.17) is 4.74 Å². The van der Waals surface area contributed by atoms with Crippen molar-refractivity contribution in [3.05, 3.63) is 129 Å². The van der Waals surface area contributed by atoms with E-state index in [1.54, 1.807) is 12.1 Å². The molecule has 2 amide bonds. The average molecular weight is 687 g/mol. The number of hydrogen-bond acceptors (Lipinski definition) is 7. The zero-order chi connectivity index (χ0) is 35.7.